The van der Waals surface area contributed by atoms with Crippen molar-refractivity contribution >= 4 is 61.4 Å². The Balaban J connectivity index is 1.17. The van der Waals surface area contributed by atoms with E-state index in [-0.39, 0.29) is 5.41 Å². The topological polar surface area (TPSA) is 53.1 Å². The van der Waals surface area contributed by atoms with Gasteiger partial charge in [-0.3, -0.25) is 0 Å². The molecule has 274 valence electrons. The smallest absolute Gasteiger partial charge is 0.173 e. The average molecular weight is 737 g/mol. The molecule has 0 saturated carbocycles. The first kappa shape index (κ1) is 33.4. The Bertz CT molecular complexity index is 3020. The van der Waals surface area contributed by atoms with Gasteiger partial charge < -0.3 is 14.6 Å². The van der Waals surface area contributed by atoms with Gasteiger partial charge in [0.15, 0.2) is 6.17 Å². The zero-order valence-electron chi connectivity index (χ0n) is 31.9. The number of benzene rings is 7. The maximum Gasteiger partial charge on any atom is 0.173 e. The second-order valence-corrected chi connectivity index (χ2v) is 15.7. The normalized spacial score (nSPS) is 16.8. The Kier molecular flexibility index (Phi) is 7.65. The Morgan fingerprint density at radius 1 is 0.649 bits per heavy atom. The van der Waals surface area contributed by atoms with Crippen LogP contribution in [0.1, 0.15) is 55.1 Å². The van der Waals surface area contributed by atoms with E-state index in [0.29, 0.717) is 0 Å². The van der Waals surface area contributed by atoms with Crippen molar-refractivity contribution in [2.24, 2.45) is 9.98 Å². The summed E-state index contributed by atoms with van der Waals surface area (Å²) in [6.07, 6.45) is 8.12. The number of anilines is 3. The van der Waals surface area contributed by atoms with Gasteiger partial charge in [-0.05, 0) is 94.4 Å². The Morgan fingerprint density at radius 3 is 2.18 bits per heavy atom. The molecule has 1 aromatic heterocycles. The molecule has 5 nitrogen and oxygen atoms in total. The Hall–Kier alpha value is -6.98. The Morgan fingerprint density at radius 2 is 1.37 bits per heavy atom. The van der Waals surface area contributed by atoms with Gasteiger partial charge in [-0.2, -0.15) is 0 Å². The summed E-state index contributed by atoms with van der Waals surface area (Å²) in [6, 6.07) is 54.2. The molecular weight excluding hydrogens is 697 g/mol. The average Bonchev–Trinajstić information content (AvgIpc) is 3.75. The number of aliphatic imine (C=N–C) groups is 2. The van der Waals surface area contributed by atoms with Crippen molar-refractivity contribution in [2.75, 3.05) is 4.90 Å². The van der Waals surface area contributed by atoms with E-state index in [9.17, 15) is 0 Å². The molecule has 0 amide bonds. The third-order valence-electron chi connectivity index (χ3n) is 11.9. The summed E-state index contributed by atoms with van der Waals surface area (Å²) in [5.41, 5.74) is 13.0. The molecule has 57 heavy (non-hydrogen) atoms. The summed E-state index contributed by atoms with van der Waals surface area (Å²) in [7, 11) is 0. The molecule has 8 aromatic rings. The van der Waals surface area contributed by atoms with Gasteiger partial charge in [0, 0.05) is 38.9 Å². The van der Waals surface area contributed by atoms with Crippen LogP contribution in [0.25, 0.3) is 43.8 Å². The van der Waals surface area contributed by atoms with E-state index in [0.717, 1.165) is 91.0 Å². The van der Waals surface area contributed by atoms with Crippen molar-refractivity contribution in [3.8, 4) is 11.1 Å². The van der Waals surface area contributed by atoms with Crippen LogP contribution in [0.5, 0.6) is 0 Å². The first-order chi connectivity index (χ1) is 28.0. The lowest BCUT2D eigenvalue weighted by molar-refractivity contribution is 0.649. The van der Waals surface area contributed by atoms with Crippen LogP contribution in [0.4, 0.5) is 17.1 Å². The van der Waals surface area contributed by atoms with E-state index >= 15 is 0 Å². The largest absolute Gasteiger partial charge is 0.456 e. The molecule has 3 aliphatic rings. The number of amidine groups is 2. The first-order valence-electron chi connectivity index (χ1n) is 19.8. The van der Waals surface area contributed by atoms with Crippen LogP contribution >= 0.6 is 0 Å². The lowest BCUT2D eigenvalue weighted by Gasteiger charge is -2.29. The molecule has 1 unspecified atom stereocenters. The summed E-state index contributed by atoms with van der Waals surface area (Å²) in [4.78, 5) is 13.0. The molecule has 11 rings (SSSR count). The fraction of sp³-hybridized carbons (Fsp3) is 0.115. The highest BCUT2D eigenvalue weighted by molar-refractivity contribution is 6.19. The molecule has 0 spiro atoms. The molecule has 7 aromatic carbocycles. The summed E-state index contributed by atoms with van der Waals surface area (Å²) >= 11 is 0. The molecule has 0 saturated heterocycles. The van der Waals surface area contributed by atoms with Crippen LogP contribution in [0.3, 0.4) is 0 Å². The molecule has 0 bridgehead atoms. The fourth-order valence-corrected chi connectivity index (χ4v) is 9.06. The van der Waals surface area contributed by atoms with Gasteiger partial charge in [-0.1, -0.05) is 135 Å². The van der Waals surface area contributed by atoms with Crippen molar-refractivity contribution in [1.82, 2.24) is 5.32 Å². The second-order valence-electron chi connectivity index (χ2n) is 15.7. The van der Waals surface area contributed by atoms with Crippen LogP contribution in [-0.4, -0.2) is 11.7 Å². The summed E-state index contributed by atoms with van der Waals surface area (Å²) in [6.45, 7) is 4.68. The number of fused-ring (bicyclic) bond motifs is 7. The lowest BCUT2D eigenvalue weighted by Crippen LogP contribution is -2.36. The highest BCUT2D eigenvalue weighted by Gasteiger charge is 2.36. The Labute approximate surface area is 332 Å². The molecule has 0 radical (unpaired) electrons. The first-order valence-corrected chi connectivity index (χ1v) is 19.8. The van der Waals surface area contributed by atoms with Crippen LogP contribution in [0.15, 0.2) is 190 Å². The lowest BCUT2D eigenvalue weighted by atomic mass is 9.82. The van der Waals surface area contributed by atoms with Crippen LogP contribution in [-0.2, 0) is 5.41 Å². The fourth-order valence-electron chi connectivity index (χ4n) is 9.06. The molecule has 1 N–H and O–H groups in total. The van der Waals surface area contributed by atoms with Gasteiger partial charge in [0.2, 0.25) is 0 Å². The van der Waals surface area contributed by atoms with Gasteiger partial charge in [0.25, 0.3) is 0 Å². The van der Waals surface area contributed by atoms with Gasteiger partial charge in [0.05, 0.1) is 11.1 Å². The third-order valence-corrected chi connectivity index (χ3v) is 11.9. The van der Waals surface area contributed by atoms with Crippen LogP contribution in [0, 0.1) is 0 Å². The number of hydrogen-bond donors (Lipinski definition) is 1. The van der Waals surface area contributed by atoms with Crippen molar-refractivity contribution in [1.29, 1.82) is 0 Å². The molecule has 1 aliphatic heterocycles. The minimum atomic E-state index is -0.538. The number of rotatable bonds is 6. The predicted octanol–water partition coefficient (Wildman–Crippen LogP) is 13.2. The number of allylic oxidation sites excluding steroid dienone is 2. The van der Waals surface area contributed by atoms with Crippen LogP contribution < -0.4 is 10.2 Å². The summed E-state index contributed by atoms with van der Waals surface area (Å²) in [5.74, 6) is 1.61. The minimum Gasteiger partial charge on any atom is -0.456 e. The number of hydrogen-bond acceptors (Lipinski definition) is 5. The molecule has 1 atom stereocenters. The van der Waals surface area contributed by atoms with Crippen molar-refractivity contribution < 1.29 is 4.42 Å². The van der Waals surface area contributed by atoms with Crippen molar-refractivity contribution in [2.45, 2.75) is 38.3 Å². The number of nitrogens with zero attached hydrogens (tertiary/aromatic N) is 3. The predicted molar refractivity (Wildman–Crippen MR) is 236 cm³/mol. The van der Waals surface area contributed by atoms with Crippen molar-refractivity contribution in [3.05, 3.63) is 198 Å². The van der Waals surface area contributed by atoms with Gasteiger partial charge >= 0.3 is 0 Å². The van der Waals surface area contributed by atoms with Crippen molar-refractivity contribution in [3.63, 3.8) is 0 Å². The van der Waals surface area contributed by atoms with Gasteiger partial charge in [-0.25, -0.2) is 9.98 Å². The highest BCUT2D eigenvalue weighted by Crippen LogP contribution is 2.52. The SMILES string of the molecule is CC1(C)c2ccccc2-c2ccc(N(c3ccccc3)c3ccc(C4N=C(C5=CCCC=C5)NC(c5ccccc5)=N4)c4oc5cc6ccccc6cc5c34)cc21. The van der Waals surface area contributed by atoms with Gasteiger partial charge in [0.1, 0.15) is 22.8 Å². The summed E-state index contributed by atoms with van der Waals surface area (Å²) in [5, 5.41) is 7.97. The highest BCUT2D eigenvalue weighted by atomic mass is 16.3. The zero-order chi connectivity index (χ0) is 38.1. The quantitative estimate of drug-likeness (QED) is 0.185. The van der Waals surface area contributed by atoms with E-state index in [1.165, 1.54) is 22.3 Å². The molecule has 0 fully saturated rings. The van der Waals surface area contributed by atoms with E-state index < -0.39 is 6.17 Å². The van der Waals surface area contributed by atoms with E-state index in [4.69, 9.17) is 14.4 Å². The monoisotopic (exact) mass is 736 g/mol. The number of para-hydroxylation sites is 1. The summed E-state index contributed by atoms with van der Waals surface area (Å²) < 4.78 is 7.06. The zero-order valence-corrected chi connectivity index (χ0v) is 31.9. The van der Waals surface area contributed by atoms with E-state index in [1.807, 2.05) is 18.2 Å². The minimum absolute atomic E-state index is 0.146. The molecular formula is C52H40N4O. The standard InChI is InChI=1S/C52H40N4O/c1-52(2)43-25-15-14-24-39(43)40-27-26-38(32-44(40)52)56(37-22-10-5-11-23-37)45-29-28-41(48-47(45)42-30-35-20-12-13-21-36(35)31-46(42)57-48)51-54-49(33-16-6-3-7-17-33)53-50(55-51)34-18-8-4-9-19-34/h3,5-8,10-32,51H,4,9H2,1-2H3,(H,53,54,55). The molecule has 2 aliphatic carbocycles. The second kappa shape index (κ2) is 13.1. The van der Waals surface area contributed by atoms with Crippen LogP contribution in [0.2, 0.25) is 0 Å². The van der Waals surface area contributed by atoms with E-state index in [2.05, 4.69) is 176 Å². The molecule has 5 heteroatoms. The van der Waals surface area contributed by atoms with Gasteiger partial charge in [-0.15, -0.1) is 0 Å². The molecule has 2 heterocycles. The maximum absolute atomic E-state index is 7.06. The van der Waals surface area contributed by atoms with E-state index in [1.54, 1.807) is 0 Å². The maximum atomic E-state index is 7.06. The number of nitrogens with one attached hydrogen (secondary N) is 1. The number of furan rings is 1. The third kappa shape index (κ3) is 5.45.